The van der Waals surface area contributed by atoms with E-state index in [0.717, 1.165) is 10.0 Å². The molecular formula is C12H11BrN2O4. The van der Waals surface area contributed by atoms with Crippen molar-refractivity contribution in [2.75, 3.05) is 0 Å². The Hall–Kier alpha value is -1.73. The van der Waals surface area contributed by atoms with Crippen LogP contribution in [0, 0.1) is 0 Å². The van der Waals surface area contributed by atoms with Crippen LogP contribution in [0.1, 0.15) is 12.8 Å². The number of benzene rings is 1. The number of aliphatic carboxylic acids is 1. The zero-order valence-corrected chi connectivity index (χ0v) is 11.6. The molecule has 1 unspecified atom stereocenters. The molecule has 0 aliphatic heterocycles. The van der Waals surface area contributed by atoms with Crippen molar-refractivity contribution in [2.24, 2.45) is 0 Å². The third kappa shape index (κ3) is 3.62. The van der Waals surface area contributed by atoms with Crippen molar-refractivity contribution in [3.8, 4) is 11.5 Å². The first-order valence-electron chi connectivity index (χ1n) is 5.49. The quantitative estimate of drug-likeness (QED) is 0.908. The van der Waals surface area contributed by atoms with Crippen LogP contribution >= 0.6 is 15.9 Å². The third-order valence-corrected chi connectivity index (χ3v) is 2.89. The maximum Gasteiger partial charge on any atom is 0.332 e. The Morgan fingerprint density at radius 1 is 1.42 bits per heavy atom. The van der Waals surface area contributed by atoms with Gasteiger partial charge in [-0.2, -0.15) is 0 Å². The van der Waals surface area contributed by atoms with Gasteiger partial charge in [-0.05, 0) is 31.2 Å². The fourth-order valence-electron chi connectivity index (χ4n) is 1.29. The molecule has 7 heteroatoms. The summed E-state index contributed by atoms with van der Waals surface area (Å²) < 4.78 is 11.4. The highest BCUT2D eigenvalue weighted by Crippen LogP contribution is 2.20. The smallest absolute Gasteiger partial charge is 0.332 e. The Morgan fingerprint density at radius 2 is 2.11 bits per heavy atom. The van der Waals surface area contributed by atoms with Crippen LogP contribution in [0.5, 0.6) is 0 Å². The standard InChI is InChI=1S/C12H11BrN2O4/c1-7(12(16)17)18-6-10-14-15-11(19-10)8-2-4-9(13)5-3-8/h2-5,7H,6H2,1H3,(H,16,17). The number of aromatic nitrogens is 2. The van der Waals surface area contributed by atoms with E-state index in [1.807, 2.05) is 24.3 Å². The first-order valence-corrected chi connectivity index (χ1v) is 6.28. The number of hydrogen-bond donors (Lipinski definition) is 1. The van der Waals surface area contributed by atoms with Gasteiger partial charge in [0, 0.05) is 10.0 Å². The molecule has 6 nitrogen and oxygen atoms in total. The van der Waals surface area contributed by atoms with E-state index in [1.165, 1.54) is 6.92 Å². The molecule has 1 aromatic heterocycles. The molecule has 1 atom stereocenters. The van der Waals surface area contributed by atoms with Crippen LogP contribution < -0.4 is 0 Å². The summed E-state index contributed by atoms with van der Waals surface area (Å²) in [6, 6.07) is 7.40. The van der Waals surface area contributed by atoms with Gasteiger partial charge in [0.15, 0.2) is 6.10 Å². The minimum atomic E-state index is -1.03. The van der Waals surface area contributed by atoms with E-state index in [9.17, 15) is 4.79 Å². The van der Waals surface area contributed by atoms with E-state index in [-0.39, 0.29) is 12.5 Å². The first-order chi connectivity index (χ1) is 9.06. The van der Waals surface area contributed by atoms with Crippen LogP contribution in [0.15, 0.2) is 33.2 Å². The lowest BCUT2D eigenvalue weighted by molar-refractivity contribution is -0.150. The molecule has 0 bridgehead atoms. The van der Waals surface area contributed by atoms with Crippen LogP contribution in [-0.4, -0.2) is 27.4 Å². The topological polar surface area (TPSA) is 85.5 Å². The van der Waals surface area contributed by atoms with Gasteiger partial charge in [0.05, 0.1) is 0 Å². The molecule has 0 spiro atoms. The van der Waals surface area contributed by atoms with Crippen LogP contribution in [0.4, 0.5) is 0 Å². The molecule has 0 aliphatic rings. The van der Waals surface area contributed by atoms with Crippen molar-refractivity contribution in [3.05, 3.63) is 34.6 Å². The second-order valence-electron chi connectivity index (χ2n) is 3.80. The molecule has 100 valence electrons. The van der Waals surface area contributed by atoms with E-state index in [4.69, 9.17) is 14.3 Å². The van der Waals surface area contributed by atoms with Crippen molar-refractivity contribution in [1.29, 1.82) is 0 Å². The summed E-state index contributed by atoms with van der Waals surface area (Å²) in [5, 5.41) is 16.4. The van der Waals surface area contributed by atoms with Gasteiger partial charge in [-0.15, -0.1) is 10.2 Å². The molecule has 0 fully saturated rings. The lowest BCUT2D eigenvalue weighted by Gasteiger charge is -2.04. The van der Waals surface area contributed by atoms with Gasteiger partial charge in [0.1, 0.15) is 6.61 Å². The van der Waals surface area contributed by atoms with Crippen LogP contribution in [0.2, 0.25) is 0 Å². The number of carboxylic acid groups (broad SMARTS) is 1. The fraction of sp³-hybridized carbons (Fsp3) is 0.250. The predicted octanol–water partition coefficient (Wildman–Crippen LogP) is 2.49. The Morgan fingerprint density at radius 3 is 2.74 bits per heavy atom. The molecule has 1 aromatic carbocycles. The van der Waals surface area contributed by atoms with Crippen molar-refractivity contribution >= 4 is 21.9 Å². The zero-order chi connectivity index (χ0) is 13.8. The molecule has 0 saturated heterocycles. The highest BCUT2D eigenvalue weighted by atomic mass is 79.9. The second-order valence-corrected chi connectivity index (χ2v) is 4.71. The molecule has 0 saturated carbocycles. The highest BCUT2D eigenvalue weighted by molar-refractivity contribution is 9.10. The van der Waals surface area contributed by atoms with Crippen molar-refractivity contribution in [2.45, 2.75) is 19.6 Å². The van der Waals surface area contributed by atoms with Gasteiger partial charge < -0.3 is 14.3 Å². The van der Waals surface area contributed by atoms with Crippen LogP contribution in [0.25, 0.3) is 11.5 Å². The molecule has 1 N–H and O–H groups in total. The number of carbonyl (C=O) groups is 1. The molecule has 1 heterocycles. The monoisotopic (exact) mass is 326 g/mol. The molecule has 0 radical (unpaired) electrons. The summed E-state index contributed by atoms with van der Waals surface area (Å²) in [4.78, 5) is 10.6. The summed E-state index contributed by atoms with van der Waals surface area (Å²) in [5.41, 5.74) is 0.785. The lowest BCUT2D eigenvalue weighted by Crippen LogP contribution is -2.19. The first kappa shape index (κ1) is 13.7. The van der Waals surface area contributed by atoms with E-state index >= 15 is 0 Å². The molecule has 0 aliphatic carbocycles. The maximum atomic E-state index is 10.6. The summed E-state index contributed by atoms with van der Waals surface area (Å²) in [6.07, 6.45) is -0.914. The van der Waals surface area contributed by atoms with Gasteiger partial charge in [-0.1, -0.05) is 15.9 Å². The fourth-order valence-corrected chi connectivity index (χ4v) is 1.55. The number of hydrogen-bond acceptors (Lipinski definition) is 5. The van der Waals surface area contributed by atoms with Crippen molar-refractivity contribution < 1.29 is 19.1 Å². The minimum Gasteiger partial charge on any atom is -0.479 e. The molecule has 0 amide bonds. The lowest BCUT2D eigenvalue weighted by atomic mass is 10.2. The molecule has 2 rings (SSSR count). The zero-order valence-electron chi connectivity index (χ0n) is 10.0. The molecular weight excluding hydrogens is 316 g/mol. The normalized spacial score (nSPS) is 12.3. The van der Waals surface area contributed by atoms with Gasteiger partial charge in [-0.25, -0.2) is 4.79 Å². The largest absolute Gasteiger partial charge is 0.479 e. The van der Waals surface area contributed by atoms with E-state index < -0.39 is 12.1 Å². The molecule has 19 heavy (non-hydrogen) atoms. The Labute approximate surface area is 117 Å². The maximum absolute atomic E-state index is 10.6. The van der Waals surface area contributed by atoms with Crippen molar-refractivity contribution in [3.63, 3.8) is 0 Å². The van der Waals surface area contributed by atoms with Gasteiger partial charge in [0.2, 0.25) is 11.8 Å². The Kier molecular flexibility index (Phi) is 4.28. The SMILES string of the molecule is CC(OCc1nnc(-c2ccc(Br)cc2)o1)C(=O)O. The summed E-state index contributed by atoms with van der Waals surface area (Å²) in [6.45, 7) is 1.41. The van der Waals surface area contributed by atoms with E-state index in [1.54, 1.807) is 0 Å². The van der Waals surface area contributed by atoms with Crippen LogP contribution in [-0.2, 0) is 16.1 Å². The minimum absolute atomic E-state index is 0.0308. The van der Waals surface area contributed by atoms with E-state index in [0.29, 0.717) is 5.89 Å². The van der Waals surface area contributed by atoms with E-state index in [2.05, 4.69) is 26.1 Å². The molecule has 2 aromatic rings. The third-order valence-electron chi connectivity index (χ3n) is 2.36. The van der Waals surface area contributed by atoms with Crippen molar-refractivity contribution in [1.82, 2.24) is 10.2 Å². The highest BCUT2D eigenvalue weighted by Gasteiger charge is 2.14. The number of rotatable bonds is 5. The number of nitrogens with zero attached hydrogens (tertiary/aromatic N) is 2. The average Bonchev–Trinajstić information content (AvgIpc) is 2.85. The second kappa shape index (κ2) is 5.94. The summed E-state index contributed by atoms with van der Waals surface area (Å²) >= 11 is 3.34. The predicted molar refractivity (Wildman–Crippen MR) is 69.3 cm³/mol. The Balaban J connectivity index is 2.03. The van der Waals surface area contributed by atoms with Gasteiger partial charge >= 0.3 is 5.97 Å². The van der Waals surface area contributed by atoms with Gasteiger partial charge in [-0.3, -0.25) is 0 Å². The summed E-state index contributed by atoms with van der Waals surface area (Å²) in [5.74, 6) is -0.423. The summed E-state index contributed by atoms with van der Waals surface area (Å²) in [7, 11) is 0. The van der Waals surface area contributed by atoms with Gasteiger partial charge in [0.25, 0.3) is 0 Å². The number of ether oxygens (including phenoxy) is 1. The number of carboxylic acids is 1. The number of halogens is 1. The van der Waals surface area contributed by atoms with Crippen LogP contribution in [0.3, 0.4) is 0 Å². The average molecular weight is 327 g/mol. The Bertz CT molecular complexity index is 567.